The summed E-state index contributed by atoms with van der Waals surface area (Å²) < 4.78 is 0. The molecule has 0 aromatic heterocycles. The smallest absolute Gasteiger partial charge is 0.326 e. The summed E-state index contributed by atoms with van der Waals surface area (Å²) in [7, 11) is 0. The fourth-order valence-corrected chi connectivity index (χ4v) is 3.86. The Morgan fingerprint density at radius 1 is 1.18 bits per heavy atom. The number of carbonyl (C=O) groups is 4. The number of amides is 3. The third kappa shape index (κ3) is 7.10. The molecular weight excluding hydrogens is 448 g/mol. The van der Waals surface area contributed by atoms with Crippen LogP contribution in [0.1, 0.15) is 32.3 Å². The number of benzene rings is 1. The first-order valence-electron chi connectivity index (χ1n) is 10.8. The number of thiol groups is 1. The summed E-state index contributed by atoms with van der Waals surface area (Å²) in [6.07, 6.45) is 1.11. The maximum Gasteiger partial charge on any atom is 0.326 e. The predicted molar refractivity (Wildman–Crippen MR) is 125 cm³/mol. The number of carboxylic acid groups (broad SMARTS) is 1. The van der Waals surface area contributed by atoms with Gasteiger partial charge in [0.1, 0.15) is 23.9 Å². The molecule has 11 heteroatoms. The molecule has 33 heavy (non-hydrogen) atoms. The topological polar surface area (TPSA) is 162 Å². The Kier molecular flexibility index (Phi) is 9.54. The zero-order valence-corrected chi connectivity index (χ0v) is 19.6. The number of carboxylic acids is 1. The summed E-state index contributed by atoms with van der Waals surface area (Å²) in [6.45, 7) is 3.71. The van der Waals surface area contributed by atoms with Gasteiger partial charge in [-0.1, -0.05) is 26.0 Å². The number of aromatic hydroxyl groups is 1. The van der Waals surface area contributed by atoms with E-state index in [9.17, 15) is 29.4 Å². The lowest BCUT2D eigenvalue weighted by Crippen LogP contribution is -2.57. The van der Waals surface area contributed by atoms with Crippen LogP contribution >= 0.6 is 12.6 Å². The van der Waals surface area contributed by atoms with Gasteiger partial charge in [-0.15, -0.1) is 0 Å². The van der Waals surface area contributed by atoms with Crippen molar-refractivity contribution in [3.63, 3.8) is 0 Å². The van der Waals surface area contributed by atoms with Gasteiger partial charge in [-0.3, -0.25) is 14.4 Å². The summed E-state index contributed by atoms with van der Waals surface area (Å²) in [5, 5.41) is 24.1. The number of carbonyl (C=O) groups excluding carboxylic acids is 3. The fourth-order valence-electron chi connectivity index (χ4n) is 3.71. The number of nitrogens with zero attached hydrogens (tertiary/aromatic N) is 1. The quantitative estimate of drug-likeness (QED) is 0.255. The van der Waals surface area contributed by atoms with Crippen molar-refractivity contribution in [2.24, 2.45) is 11.7 Å². The van der Waals surface area contributed by atoms with Gasteiger partial charge in [0.2, 0.25) is 17.7 Å². The molecule has 1 heterocycles. The van der Waals surface area contributed by atoms with E-state index in [4.69, 9.17) is 5.73 Å². The number of likely N-dealkylation sites (tertiary alicyclic amines) is 1. The van der Waals surface area contributed by atoms with E-state index < -0.39 is 42.0 Å². The second-order valence-corrected chi connectivity index (χ2v) is 8.84. The molecule has 1 aliphatic rings. The summed E-state index contributed by atoms with van der Waals surface area (Å²) in [5.74, 6) is -2.91. The average molecular weight is 481 g/mol. The van der Waals surface area contributed by atoms with Crippen molar-refractivity contribution < 1.29 is 29.4 Å². The van der Waals surface area contributed by atoms with Gasteiger partial charge in [0.15, 0.2) is 0 Å². The number of aliphatic carboxylic acids is 1. The van der Waals surface area contributed by atoms with Crippen LogP contribution in [0.4, 0.5) is 0 Å². The van der Waals surface area contributed by atoms with Crippen LogP contribution in [0.5, 0.6) is 5.75 Å². The molecule has 3 amide bonds. The van der Waals surface area contributed by atoms with Crippen molar-refractivity contribution in [2.45, 2.75) is 57.3 Å². The van der Waals surface area contributed by atoms with Crippen molar-refractivity contribution in [2.75, 3.05) is 12.3 Å². The molecule has 2 rings (SSSR count). The van der Waals surface area contributed by atoms with Gasteiger partial charge in [-0.25, -0.2) is 4.79 Å². The van der Waals surface area contributed by atoms with Gasteiger partial charge in [-0.2, -0.15) is 12.6 Å². The Morgan fingerprint density at radius 3 is 2.36 bits per heavy atom. The molecular formula is C22H32N4O6S. The molecule has 1 saturated heterocycles. The SMILES string of the molecule is CC(C)C(NC(=O)C(Cc1ccc(O)cc1)NC(=O)C1CCCN1C(=O)C(N)CS)C(=O)O. The van der Waals surface area contributed by atoms with E-state index in [0.717, 1.165) is 0 Å². The Labute approximate surface area is 198 Å². The summed E-state index contributed by atoms with van der Waals surface area (Å²) in [5.41, 5.74) is 6.45. The zero-order valence-electron chi connectivity index (χ0n) is 18.7. The minimum Gasteiger partial charge on any atom is -0.508 e. The van der Waals surface area contributed by atoms with E-state index in [1.54, 1.807) is 26.0 Å². The molecule has 0 bridgehead atoms. The van der Waals surface area contributed by atoms with E-state index in [1.807, 2.05) is 0 Å². The largest absolute Gasteiger partial charge is 0.508 e. The van der Waals surface area contributed by atoms with Gasteiger partial charge >= 0.3 is 5.97 Å². The van der Waals surface area contributed by atoms with Crippen LogP contribution in [-0.4, -0.2) is 75.3 Å². The van der Waals surface area contributed by atoms with Crippen LogP contribution in [0.15, 0.2) is 24.3 Å². The summed E-state index contributed by atoms with van der Waals surface area (Å²) >= 11 is 4.05. The molecule has 1 aromatic carbocycles. The molecule has 1 aromatic rings. The van der Waals surface area contributed by atoms with Crippen LogP contribution in [0.3, 0.4) is 0 Å². The van der Waals surface area contributed by atoms with E-state index in [0.29, 0.717) is 24.9 Å². The maximum atomic E-state index is 13.1. The van der Waals surface area contributed by atoms with E-state index in [2.05, 4.69) is 23.3 Å². The summed E-state index contributed by atoms with van der Waals surface area (Å²) in [4.78, 5) is 51.6. The third-order valence-electron chi connectivity index (χ3n) is 5.59. The number of phenolic OH excluding ortho intramolecular Hbond substituents is 1. The number of hydrogen-bond acceptors (Lipinski definition) is 7. The van der Waals surface area contributed by atoms with Crippen molar-refractivity contribution in [3.8, 4) is 5.75 Å². The molecule has 182 valence electrons. The highest BCUT2D eigenvalue weighted by molar-refractivity contribution is 7.80. The lowest BCUT2D eigenvalue weighted by atomic mass is 10.0. The van der Waals surface area contributed by atoms with E-state index >= 15 is 0 Å². The van der Waals surface area contributed by atoms with Gasteiger partial charge in [0.05, 0.1) is 6.04 Å². The second-order valence-electron chi connectivity index (χ2n) is 8.48. The van der Waals surface area contributed by atoms with Crippen LogP contribution in [0.2, 0.25) is 0 Å². The third-order valence-corrected chi connectivity index (χ3v) is 5.99. The van der Waals surface area contributed by atoms with Gasteiger partial charge in [0.25, 0.3) is 0 Å². The van der Waals surface area contributed by atoms with Crippen LogP contribution in [0.25, 0.3) is 0 Å². The molecule has 1 aliphatic heterocycles. The number of hydrogen-bond donors (Lipinski definition) is 6. The number of nitrogens with two attached hydrogens (primary N) is 1. The monoisotopic (exact) mass is 480 g/mol. The van der Waals surface area contributed by atoms with Crippen molar-refractivity contribution in [1.29, 1.82) is 0 Å². The number of nitrogens with one attached hydrogen (secondary N) is 2. The van der Waals surface area contributed by atoms with E-state index in [-0.39, 0.29) is 29.7 Å². The highest BCUT2D eigenvalue weighted by atomic mass is 32.1. The van der Waals surface area contributed by atoms with Crippen LogP contribution < -0.4 is 16.4 Å². The van der Waals surface area contributed by atoms with Crippen molar-refractivity contribution in [3.05, 3.63) is 29.8 Å². The lowest BCUT2D eigenvalue weighted by Gasteiger charge is -2.28. The number of phenols is 1. The molecule has 4 atom stereocenters. The molecule has 0 radical (unpaired) electrons. The molecule has 0 aliphatic carbocycles. The number of rotatable bonds is 10. The molecule has 0 spiro atoms. The Balaban J connectivity index is 2.22. The highest BCUT2D eigenvalue weighted by Crippen LogP contribution is 2.19. The average Bonchev–Trinajstić information content (AvgIpc) is 3.26. The highest BCUT2D eigenvalue weighted by Gasteiger charge is 2.38. The minimum absolute atomic E-state index is 0.0511. The Morgan fingerprint density at radius 2 is 1.82 bits per heavy atom. The van der Waals surface area contributed by atoms with Crippen LogP contribution in [0, 0.1) is 5.92 Å². The molecule has 1 fully saturated rings. The standard InChI is InChI=1S/C22H32N4O6S/c1-12(2)18(22(31)32)25-19(28)16(10-13-5-7-14(27)8-6-13)24-20(29)17-4-3-9-26(17)21(30)15(23)11-33/h5-8,12,15-18,27,33H,3-4,9-11,23H2,1-2H3,(H,24,29)(H,25,28)(H,31,32). The first-order chi connectivity index (χ1) is 15.5. The molecule has 0 saturated carbocycles. The maximum absolute atomic E-state index is 13.1. The van der Waals surface area contributed by atoms with E-state index in [1.165, 1.54) is 17.0 Å². The van der Waals surface area contributed by atoms with Crippen molar-refractivity contribution in [1.82, 2.24) is 15.5 Å². The van der Waals surface area contributed by atoms with Gasteiger partial charge in [0, 0.05) is 18.7 Å². The Hall–Kier alpha value is -2.79. The van der Waals surface area contributed by atoms with Crippen molar-refractivity contribution >= 4 is 36.3 Å². The molecule has 4 unspecified atom stereocenters. The lowest BCUT2D eigenvalue weighted by molar-refractivity contribution is -0.144. The molecule has 6 N–H and O–H groups in total. The van der Waals surface area contributed by atoms with Gasteiger partial charge in [-0.05, 0) is 36.5 Å². The van der Waals surface area contributed by atoms with Crippen LogP contribution in [-0.2, 0) is 25.6 Å². The molecule has 10 nitrogen and oxygen atoms in total. The second kappa shape index (κ2) is 11.9. The minimum atomic E-state index is -1.18. The first kappa shape index (κ1) is 26.5. The Bertz CT molecular complexity index is 863. The zero-order chi connectivity index (χ0) is 24.7. The normalized spacial score (nSPS) is 18.5. The summed E-state index contributed by atoms with van der Waals surface area (Å²) in [6, 6.07) is 2.30. The fraction of sp³-hybridized carbons (Fsp3) is 0.545. The van der Waals surface area contributed by atoms with Gasteiger partial charge < -0.3 is 31.5 Å². The first-order valence-corrected chi connectivity index (χ1v) is 11.5. The predicted octanol–water partition coefficient (Wildman–Crippen LogP) is -0.107.